The van der Waals surface area contributed by atoms with Crippen molar-refractivity contribution in [3.8, 4) is 5.75 Å². The number of ether oxygens (including phenoxy) is 1. The topological polar surface area (TPSA) is 129 Å². The molecule has 32 heavy (non-hydrogen) atoms. The average Bonchev–Trinajstić information content (AvgIpc) is 2.73. The molecule has 4 N–H and O–H groups in total. The largest absolute Gasteiger partial charge is 0.491 e. The lowest BCUT2D eigenvalue weighted by atomic mass is 10.2. The normalized spacial score (nSPS) is 12.4. The molecular weight excluding hydrogens is 527 g/mol. The average molecular weight is 554 g/mol. The fourth-order valence-corrected chi connectivity index (χ4v) is 3.00. The first kappa shape index (κ1) is 25.4. The molecule has 0 spiro atoms. The summed E-state index contributed by atoms with van der Waals surface area (Å²) in [6.07, 6.45) is 0.0280. The minimum absolute atomic E-state index is 0.0280. The van der Waals surface area contributed by atoms with E-state index in [2.05, 4.69) is 27.6 Å². The third-order valence-electron chi connectivity index (χ3n) is 4.30. The highest BCUT2D eigenvalue weighted by Crippen LogP contribution is 2.20. The molecular formula is C22H27IN4O5. The minimum atomic E-state index is -1.13. The number of carbonyl (C=O) groups excluding carboxylic acids is 1. The zero-order chi connectivity index (χ0) is 23.8. The first-order valence-electron chi connectivity index (χ1n) is 9.93. The Morgan fingerprint density at radius 2 is 1.69 bits per heavy atom. The zero-order valence-electron chi connectivity index (χ0n) is 18.1. The second-order valence-corrected chi connectivity index (χ2v) is 8.69. The lowest BCUT2D eigenvalue weighted by molar-refractivity contribution is -0.145. The van der Waals surface area contributed by atoms with Crippen LogP contribution in [0.2, 0.25) is 0 Å². The van der Waals surface area contributed by atoms with Gasteiger partial charge in [0.2, 0.25) is 5.96 Å². The lowest BCUT2D eigenvalue weighted by Gasteiger charge is -2.27. The number of hydrogen-bond acceptors (Lipinski definition) is 5. The van der Waals surface area contributed by atoms with Crippen molar-refractivity contribution in [2.24, 2.45) is 16.6 Å². The monoisotopic (exact) mass is 554 g/mol. The predicted molar refractivity (Wildman–Crippen MR) is 129 cm³/mol. The molecule has 2 aromatic carbocycles. The quantitative estimate of drug-likeness (QED) is 0.149. The fraction of sp³-hybridized carbons (Fsp3) is 0.318. The van der Waals surface area contributed by atoms with Crippen molar-refractivity contribution in [1.29, 1.82) is 0 Å². The highest BCUT2D eigenvalue weighted by Gasteiger charge is 2.26. The number of benzene rings is 2. The first-order valence-corrected chi connectivity index (χ1v) is 11.0. The molecule has 0 saturated heterocycles. The van der Waals surface area contributed by atoms with Crippen LogP contribution in [0, 0.1) is 9.49 Å². The summed E-state index contributed by atoms with van der Waals surface area (Å²) in [5, 5.41) is 19.6. The first-order chi connectivity index (χ1) is 15.1. The van der Waals surface area contributed by atoms with Crippen LogP contribution in [0.3, 0.4) is 0 Å². The number of carboxylic acids is 1. The molecule has 0 bridgehead atoms. The van der Waals surface area contributed by atoms with Crippen LogP contribution in [0.25, 0.3) is 0 Å². The maximum atomic E-state index is 12.9. The van der Waals surface area contributed by atoms with E-state index >= 15 is 0 Å². The number of halogens is 1. The number of rotatable bonds is 8. The second-order valence-electron chi connectivity index (χ2n) is 7.45. The van der Waals surface area contributed by atoms with Crippen molar-refractivity contribution in [2.45, 2.75) is 33.4 Å². The molecule has 0 heterocycles. The van der Waals surface area contributed by atoms with Crippen LogP contribution in [0.4, 0.5) is 10.5 Å². The smallest absolute Gasteiger partial charge is 0.350 e. The zero-order valence-corrected chi connectivity index (χ0v) is 20.3. The summed E-state index contributed by atoms with van der Waals surface area (Å²) in [5.41, 5.74) is 7.39. The summed E-state index contributed by atoms with van der Waals surface area (Å²) >= 11 is 2.17. The van der Waals surface area contributed by atoms with E-state index in [1.54, 1.807) is 24.3 Å². The summed E-state index contributed by atoms with van der Waals surface area (Å²) in [7, 11) is 0. The summed E-state index contributed by atoms with van der Waals surface area (Å²) in [6, 6.07) is 13.4. The Morgan fingerprint density at radius 1 is 1.09 bits per heavy atom. The molecule has 172 valence electrons. The Balaban J connectivity index is 2.29. The van der Waals surface area contributed by atoms with E-state index in [1.165, 1.54) is 6.92 Å². The van der Waals surface area contributed by atoms with Crippen LogP contribution in [-0.2, 0) is 11.3 Å². The van der Waals surface area contributed by atoms with Crippen LogP contribution < -0.4 is 10.5 Å². The third-order valence-corrected chi connectivity index (χ3v) is 5.02. The van der Waals surface area contributed by atoms with E-state index in [0.717, 1.165) is 14.0 Å². The van der Waals surface area contributed by atoms with Crippen molar-refractivity contribution in [3.05, 3.63) is 57.7 Å². The van der Waals surface area contributed by atoms with Crippen LogP contribution in [0.1, 0.15) is 26.3 Å². The van der Waals surface area contributed by atoms with Gasteiger partial charge in [-0.3, -0.25) is 14.9 Å². The molecule has 1 atom stereocenters. The molecule has 2 aromatic rings. The van der Waals surface area contributed by atoms with Crippen LogP contribution in [0.5, 0.6) is 5.75 Å². The van der Waals surface area contributed by atoms with Crippen molar-refractivity contribution < 1.29 is 24.6 Å². The Kier molecular flexibility index (Phi) is 9.27. The van der Waals surface area contributed by atoms with Crippen molar-refractivity contribution in [3.63, 3.8) is 0 Å². The van der Waals surface area contributed by atoms with Gasteiger partial charge in [-0.1, -0.05) is 19.1 Å². The van der Waals surface area contributed by atoms with Crippen LogP contribution in [-0.4, -0.2) is 50.9 Å². The molecule has 9 nitrogen and oxygen atoms in total. The van der Waals surface area contributed by atoms with E-state index < -0.39 is 24.5 Å². The number of nitrogens with two attached hydrogens (primary N) is 1. The molecule has 0 aliphatic rings. The molecule has 0 unspecified atom stereocenters. The molecule has 10 heteroatoms. The number of hydroxylamine groups is 2. The van der Waals surface area contributed by atoms with Gasteiger partial charge in [0.1, 0.15) is 5.75 Å². The number of hydrogen-bond donors (Lipinski definition) is 3. The van der Waals surface area contributed by atoms with E-state index in [1.807, 2.05) is 38.1 Å². The van der Waals surface area contributed by atoms with Gasteiger partial charge in [-0.25, -0.2) is 14.9 Å². The van der Waals surface area contributed by atoms with Gasteiger partial charge in [0, 0.05) is 3.57 Å². The van der Waals surface area contributed by atoms with Gasteiger partial charge < -0.3 is 15.6 Å². The van der Waals surface area contributed by atoms with Crippen molar-refractivity contribution >= 4 is 46.2 Å². The van der Waals surface area contributed by atoms with E-state index in [4.69, 9.17) is 15.6 Å². The Hall–Kier alpha value is -2.86. The number of urea groups is 1. The molecule has 0 aliphatic heterocycles. The van der Waals surface area contributed by atoms with Gasteiger partial charge >= 0.3 is 12.0 Å². The maximum Gasteiger partial charge on any atom is 0.350 e. The molecule has 2 rings (SSSR count). The third kappa shape index (κ3) is 7.68. The number of carbonyl (C=O) groups is 2. The summed E-state index contributed by atoms with van der Waals surface area (Å²) in [6.45, 7) is 4.87. The standard InChI is InChI=1S/C22H27IN4O5/c1-14(2)32-19-10-8-18(9-11-19)25-21(24)26(13-16-4-6-17(23)7-5-16)22(30)27(31)12-15(3)20(28)29/h4-11,14-15,31H,12-13H2,1-3H3,(H2,24,25)(H,28,29)/t15-/m0/s1. The van der Waals surface area contributed by atoms with E-state index in [0.29, 0.717) is 16.5 Å². The van der Waals surface area contributed by atoms with Gasteiger partial charge in [0.25, 0.3) is 0 Å². The second kappa shape index (κ2) is 11.7. The number of carboxylic acid groups (broad SMARTS) is 1. The van der Waals surface area contributed by atoms with Crippen LogP contribution in [0.15, 0.2) is 53.5 Å². The Bertz CT molecular complexity index is 948. The maximum absolute atomic E-state index is 12.9. The van der Waals surface area contributed by atoms with Crippen molar-refractivity contribution in [1.82, 2.24) is 9.96 Å². The van der Waals surface area contributed by atoms with Gasteiger partial charge in [0.05, 0.1) is 30.8 Å². The number of amides is 2. The SMILES string of the molecule is CC(C)Oc1ccc(/N=C(\N)N(Cc2ccc(I)cc2)C(=O)N(O)C[C@H](C)C(=O)O)cc1. The highest BCUT2D eigenvalue weighted by molar-refractivity contribution is 14.1. The molecule has 0 aromatic heterocycles. The van der Waals surface area contributed by atoms with Crippen molar-refractivity contribution in [2.75, 3.05) is 6.54 Å². The number of aliphatic carboxylic acids is 1. The predicted octanol–water partition coefficient (Wildman–Crippen LogP) is 4.06. The van der Waals surface area contributed by atoms with E-state index in [9.17, 15) is 14.8 Å². The van der Waals surface area contributed by atoms with Gasteiger partial charge in [-0.05, 0) is 78.4 Å². The lowest BCUT2D eigenvalue weighted by Crippen LogP contribution is -2.49. The molecule has 0 radical (unpaired) electrons. The molecule has 0 saturated carbocycles. The number of aliphatic imine (C=N–C) groups is 1. The molecule has 2 amide bonds. The highest BCUT2D eigenvalue weighted by atomic mass is 127. The fourth-order valence-electron chi connectivity index (χ4n) is 2.64. The Morgan fingerprint density at radius 3 is 2.22 bits per heavy atom. The van der Waals surface area contributed by atoms with Gasteiger partial charge in [0.15, 0.2) is 0 Å². The summed E-state index contributed by atoms with van der Waals surface area (Å²) in [5.74, 6) is -1.57. The number of nitrogens with zero attached hydrogens (tertiary/aromatic N) is 3. The van der Waals surface area contributed by atoms with Crippen LogP contribution >= 0.6 is 22.6 Å². The molecule has 0 fully saturated rings. The minimum Gasteiger partial charge on any atom is -0.491 e. The van der Waals surface area contributed by atoms with Gasteiger partial charge in [-0.2, -0.15) is 0 Å². The Labute approximate surface area is 200 Å². The summed E-state index contributed by atoms with van der Waals surface area (Å²) < 4.78 is 6.63. The number of guanidine groups is 1. The van der Waals surface area contributed by atoms with Gasteiger partial charge in [-0.15, -0.1) is 0 Å². The van der Waals surface area contributed by atoms with E-state index in [-0.39, 0.29) is 18.6 Å². The summed E-state index contributed by atoms with van der Waals surface area (Å²) in [4.78, 5) is 29.4. The molecule has 0 aliphatic carbocycles.